The highest BCUT2D eigenvalue weighted by molar-refractivity contribution is 5.87. The molecule has 9 nitrogen and oxygen atoms in total. The summed E-state index contributed by atoms with van der Waals surface area (Å²) in [6.45, 7) is 17.5. The van der Waals surface area contributed by atoms with Crippen molar-refractivity contribution in [2.45, 2.75) is 118 Å². The van der Waals surface area contributed by atoms with E-state index in [0.717, 1.165) is 11.1 Å². The monoisotopic (exact) mass is 636 g/mol. The summed E-state index contributed by atoms with van der Waals surface area (Å²) in [5.74, 6) is -3.38. The van der Waals surface area contributed by atoms with Gasteiger partial charge in [0.15, 0.2) is 5.79 Å². The third-order valence-corrected chi connectivity index (χ3v) is 9.81. The summed E-state index contributed by atoms with van der Waals surface area (Å²) < 4.78 is 29.9. The molecule has 0 saturated carbocycles. The van der Waals surface area contributed by atoms with E-state index in [0.29, 0.717) is 6.42 Å². The van der Waals surface area contributed by atoms with Crippen molar-refractivity contribution in [2.24, 2.45) is 35.5 Å². The summed E-state index contributed by atoms with van der Waals surface area (Å²) in [5, 5.41) is 33.8. The second kappa shape index (κ2) is 17.2. The molecule has 2 rings (SSSR count). The third-order valence-electron chi connectivity index (χ3n) is 9.81. The molecule has 45 heavy (non-hydrogen) atoms. The molecule has 0 aromatic heterocycles. The number of aliphatic hydroxyl groups excluding tert-OH is 3. The van der Waals surface area contributed by atoms with Gasteiger partial charge in [0.25, 0.3) is 0 Å². The SMILES string of the molecule is CO/C1=C\C(C)=C\[C@@H](C)[C@@H](O)[C@H](C)C/C(C)=C/C=C/[C@H](OC)[C@@H]([C@@H](C)[C@@H](O)[C@H](C)[C@@]2(OC)C[C@@H](O)[C@H](C)[C@@H](C(C)C)O2)OC1=O. The van der Waals surface area contributed by atoms with Crippen molar-refractivity contribution >= 4 is 5.97 Å². The van der Waals surface area contributed by atoms with Gasteiger partial charge in [-0.15, -0.1) is 0 Å². The minimum atomic E-state index is -1.26. The zero-order valence-corrected chi connectivity index (χ0v) is 29.5. The van der Waals surface area contributed by atoms with E-state index >= 15 is 0 Å². The average Bonchev–Trinajstić information content (AvgIpc) is 2.99. The Labute approximate surface area is 271 Å². The van der Waals surface area contributed by atoms with Crippen LogP contribution in [0.1, 0.15) is 75.2 Å². The fraction of sp³-hybridized carbons (Fsp3) is 0.750. The van der Waals surface area contributed by atoms with Gasteiger partial charge in [0.1, 0.15) is 12.2 Å². The number of aliphatic hydroxyl groups is 3. The van der Waals surface area contributed by atoms with E-state index in [-0.39, 0.29) is 42.0 Å². The number of carbonyl (C=O) groups excluding carboxylic acids is 1. The zero-order valence-electron chi connectivity index (χ0n) is 29.5. The van der Waals surface area contributed by atoms with Crippen LogP contribution in [0.5, 0.6) is 0 Å². The number of allylic oxidation sites excluding steroid dienone is 5. The molecule has 0 bridgehead atoms. The lowest BCUT2D eigenvalue weighted by atomic mass is 9.76. The van der Waals surface area contributed by atoms with Crippen LogP contribution in [0.25, 0.3) is 0 Å². The highest BCUT2D eigenvalue weighted by Gasteiger charge is 2.53. The first-order valence-electron chi connectivity index (χ1n) is 16.3. The maximum Gasteiger partial charge on any atom is 0.373 e. The van der Waals surface area contributed by atoms with Crippen molar-refractivity contribution < 1.29 is 43.8 Å². The third kappa shape index (κ3) is 9.75. The Hall–Kier alpha value is -2.01. The van der Waals surface area contributed by atoms with Crippen molar-refractivity contribution in [3.63, 3.8) is 0 Å². The van der Waals surface area contributed by atoms with Crippen molar-refractivity contribution in [2.75, 3.05) is 21.3 Å². The number of cyclic esters (lactones) is 1. The van der Waals surface area contributed by atoms with Crippen molar-refractivity contribution in [3.8, 4) is 0 Å². The normalized spacial score (nSPS) is 40.5. The highest BCUT2D eigenvalue weighted by atomic mass is 16.7. The van der Waals surface area contributed by atoms with Gasteiger partial charge in [0.05, 0.1) is 31.5 Å². The molecule has 12 atom stereocenters. The Kier molecular flexibility index (Phi) is 15.0. The molecular weight excluding hydrogens is 576 g/mol. The van der Waals surface area contributed by atoms with E-state index in [2.05, 4.69) is 0 Å². The van der Waals surface area contributed by atoms with Crippen LogP contribution in [0.3, 0.4) is 0 Å². The van der Waals surface area contributed by atoms with E-state index in [1.54, 1.807) is 19.1 Å². The Morgan fingerprint density at radius 3 is 2.22 bits per heavy atom. The Morgan fingerprint density at radius 2 is 1.67 bits per heavy atom. The van der Waals surface area contributed by atoms with Crippen LogP contribution in [-0.4, -0.2) is 85.0 Å². The van der Waals surface area contributed by atoms with E-state index in [4.69, 9.17) is 23.7 Å². The maximum absolute atomic E-state index is 13.6. The fourth-order valence-electron chi connectivity index (χ4n) is 6.84. The molecule has 3 N–H and O–H groups in total. The Balaban J connectivity index is 2.56. The fourth-order valence-corrected chi connectivity index (χ4v) is 6.84. The lowest BCUT2D eigenvalue weighted by Gasteiger charge is -2.51. The minimum Gasteiger partial charge on any atom is -0.490 e. The topological polar surface area (TPSA) is 124 Å². The zero-order chi connectivity index (χ0) is 34.2. The van der Waals surface area contributed by atoms with Gasteiger partial charge < -0.3 is 39.0 Å². The van der Waals surface area contributed by atoms with Crippen LogP contribution in [0, 0.1) is 35.5 Å². The van der Waals surface area contributed by atoms with Crippen LogP contribution in [0.15, 0.2) is 47.3 Å². The van der Waals surface area contributed by atoms with Gasteiger partial charge >= 0.3 is 5.97 Å². The molecule has 0 aliphatic carbocycles. The van der Waals surface area contributed by atoms with Gasteiger partial charge in [-0.3, -0.25) is 0 Å². The summed E-state index contributed by atoms with van der Waals surface area (Å²) in [4.78, 5) is 13.6. The molecule has 1 saturated heterocycles. The molecule has 0 aromatic rings. The number of hydrogen-bond acceptors (Lipinski definition) is 9. The number of ether oxygens (including phenoxy) is 5. The smallest absolute Gasteiger partial charge is 0.373 e. The second-order valence-corrected chi connectivity index (χ2v) is 13.7. The molecule has 1 fully saturated rings. The largest absolute Gasteiger partial charge is 0.490 e. The molecule has 9 heteroatoms. The summed E-state index contributed by atoms with van der Waals surface area (Å²) in [6, 6.07) is 0. The molecular formula is C36H60O9. The van der Waals surface area contributed by atoms with Gasteiger partial charge in [0.2, 0.25) is 5.76 Å². The molecule has 0 amide bonds. The molecule has 258 valence electrons. The first kappa shape index (κ1) is 39.2. The minimum absolute atomic E-state index is 0.00647. The maximum atomic E-state index is 13.6. The number of rotatable bonds is 8. The summed E-state index contributed by atoms with van der Waals surface area (Å²) in [7, 11) is 4.46. The van der Waals surface area contributed by atoms with E-state index in [1.807, 2.05) is 73.6 Å². The predicted octanol–water partition coefficient (Wildman–Crippen LogP) is 5.35. The van der Waals surface area contributed by atoms with Gasteiger partial charge in [-0.1, -0.05) is 83.9 Å². The van der Waals surface area contributed by atoms with E-state index in [9.17, 15) is 20.1 Å². The number of methoxy groups -OCH3 is 3. The van der Waals surface area contributed by atoms with Crippen LogP contribution < -0.4 is 0 Å². The summed E-state index contributed by atoms with van der Waals surface area (Å²) >= 11 is 0. The lowest BCUT2D eigenvalue weighted by Crippen LogP contribution is -2.60. The van der Waals surface area contributed by atoms with Crippen molar-refractivity contribution in [3.05, 3.63) is 47.3 Å². The standard InChI is InChI=1S/C36H60O9/c1-20(2)33-25(7)28(37)19-36(43-12,45-33)27(9)32(39)26(8)34-29(41-10)15-13-14-21(3)16-23(5)31(38)24(6)17-22(4)18-30(42-11)35(40)44-34/h13-15,17-18,20,23-29,31-34,37-39H,16,19H2,1-12H3/b15-13+,21-14+,22-17+,30-18-/t23-,24-,25+,26+,27+,28-,29+,31+,32-,33-,34-,36-/m1/s1. The van der Waals surface area contributed by atoms with Crippen LogP contribution >= 0.6 is 0 Å². The predicted molar refractivity (Wildman–Crippen MR) is 175 cm³/mol. The van der Waals surface area contributed by atoms with Gasteiger partial charge in [-0.2, -0.15) is 0 Å². The van der Waals surface area contributed by atoms with E-state index in [1.165, 1.54) is 21.3 Å². The average molecular weight is 637 g/mol. The molecule has 0 spiro atoms. The molecule has 0 radical (unpaired) electrons. The molecule has 0 unspecified atom stereocenters. The number of carbonyl (C=O) groups is 1. The molecule has 2 aliphatic rings. The molecule has 2 heterocycles. The van der Waals surface area contributed by atoms with Crippen molar-refractivity contribution in [1.29, 1.82) is 0 Å². The first-order chi connectivity index (χ1) is 21.0. The highest BCUT2D eigenvalue weighted by Crippen LogP contribution is 2.43. The summed E-state index contributed by atoms with van der Waals surface area (Å²) in [6.07, 6.45) is 5.75. The first-order valence-corrected chi connectivity index (χ1v) is 16.3. The summed E-state index contributed by atoms with van der Waals surface area (Å²) in [5.41, 5.74) is 1.82. The van der Waals surface area contributed by atoms with E-state index < -0.39 is 54.1 Å². The Bertz CT molecular complexity index is 1080. The van der Waals surface area contributed by atoms with Gasteiger partial charge in [0, 0.05) is 44.3 Å². The molecule has 2 aliphatic heterocycles. The number of hydrogen-bond donors (Lipinski definition) is 3. The van der Waals surface area contributed by atoms with Gasteiger partial charge in [-0.25, -0.2) is 4.79 Å². The number of esters is 1. The lowest BCUT2D eigenvalue weighted by molar-refractivity contribution is -0.338. The quantitative estimate of drug-likeness (QED) is 0.303. The van der Waals surface area contributed by atoms with Crippen LogP contribution in [0.4, 0.5) is 0 Å². The van der Waals surface area contributed by atoms with Gasteiger partial charge in [-0.05, 0) is 38.2 Å². The van der Waals surface area contributed by atoms with Crippen LogP contribution in [0.2, 0.25) is 0 Å². The Morgan fingerprint density at radius 1 is 1.02 bits per heavy atom. The van der Waals surface area contributed by atoms with Crippen LogP contribution in [-0.2, 0) is 28.5 Å². The van der Waals surface area contributed by atoms with Crippen molar-refractivity contribution in [1.82, 2.24) is 0 Å². The second-order valence-electron chi connectivity index (χ2n) is 13.7. The molecule has 0 aromatic carbocycles.